The molecule has 3 N–H and O–H groups in total. The summed E-state index contributed by atoms with van der Waals surface area (Å²) in [6.45, 7) is 3.40. The van der Waals surface area contributed by atoms with Crippen LogP contribution in [0.4, 0.5) is 0 Å². The lowest BCUT2D eigenvalue weighted by Crippen LogP contribution is -2.33. The lowest BCUT2D eigenvalue weighted by molar-refractivity contribution is -0.146. The minimum Gasteiger partial charge on any atom is -0.479 e. The molecule has 0 amide bonds. The van der Waals surface area contributed by atoms with E-state index >= 15 is 0 Å². The maximum Gasteiger partial charge on any atom is 0.473 e. The second kappa shape index (κ2) is 19.2. The third-order valence-corrected chi connectivity index (χ3v) is 8.23. The number of H-pyrrole nitrogens is 1. The van der Waals surface area contributed by atoms with Gasteiger partial charge in [-0.2, -0.15) is 0 Å². The SMILES string of the molecule is CCCCCCCCCCCCCCCCCC(OP(=O)(O)OC[C@@H]1C=C[C@H](n2cc(C)c(=O)[nH]c2=O)O1)C(=O)O. The first-order chi connectivity index (χ1) is 19.6. The summed E-state index contributed by atoms with van der Waals surface area (Å²) in [5.74, 6) is -1.32. The van der Waals surface area contributed by atoms with Crippen molar-refractivity contribution in [2.24, 2.45) is 0 Å². The predicted octanol–water partition coefficient (Wildman–Crippen LogP) is 6.15. The largest absolute Gasteiger partial charge is 0.479 e. The van der Waals surface area contributed by atoms with Crippen LogP contribution in [0.25, 0.3) is 0 Å². The molecule has 41 heavy (non-hydrogen) atoms. The van der Waals surface area contributed by atoms with Crippen LogP contribution in [0, 0.1) is 6.92 Å². The zero-order valence-corrected chi connectivity index (χ0v) is 25.5. The molecule has 234 valence electrons. The predicted molar refractivity (Wildman–Crippen MR) is 157 cm³/mol. The van der Waals surface area contributed by atoms with E-state index in [9.17, 15) is 28.9 Å². The third-order valence-electron chi connectivity index (χ3n) is 7.23. The Hall–Kier alpha value is -2.04. The quantitative estimate of drug-likeness (QED) is 0.0761. The first kappa shape index (κ1) is 35.2. The van der Waals surface area contributed by atoms with Crippen molar-refractivity contribution in [2.45, 2.75) is 135 Å². The molecule has 1 aliphatic heterocycles. The topological polar surface area (TPSA) is 157 Å². The number of hydrogen-bond acceptors (Lipinski definition) is 7. The van der Waals surface area contributed by atoms with Gasteiger partial charge in [-0.15, -0.1) is 0 Å². The number of ether oxygens (including phenoxy) is 1. The number of phosphoric acid groups is 1. The molecule has 11 nitrogen and oxygen atoms in total. The first-order valence-electron chi connectivity index (χ1n) is 15.2. The van der Waals surface area contributed by atoms with E-state index in [2.05, 4.69) is 11.9 Å². The van der Waals surface area contributed by atoms with Gasteiger partial charge in [-0.25, -0.2) is 14.2 Å². The summed E-state index contributed by atoms with van der Waals surface area (Å²) in [4.78, 5) is 47.5. The van der Waals surface area contributed by atoms with Crippen LogP contribution in [0.1, 0.15) is 121 Å². The minimum atomic E-state index is -4.67. The molecule has 0 saturated heterocycles. The van der Waals surface area contributed by atoms with Crippen molar-refractivity contribution in [3.8, 4) is 0 Å². The summed E-state index contributed by atoms with van der Waals surface area (Å²) in [5, 5.41) is 9.45. The maximum absolute atomic E-state index is 12.4. The van der Waals surface area contributed by atoms with E-state index in [4.69, 9.17) is 13.8 Å². The van der Waals surface area contributed by atoms with Gasteiger partial charge in [-0.3, -0.25) is 23.4 Å². The van der Waals surface area contributed by atoms with Gasteiger partial charge in [0.2, 0.25) is 0 Å². The molecular formula is C29H49N2O9P. The molecule has 2 heterocycles. The number of nitrogens with one attached hydrogen (secondary N) is 1. The second-order valence-electron chi connectivity index (χ2n) is 10.9. The smallest absolute Gasteiger partial charge is 0.473 e. The van der Waals surface area contributed by atoms with Crippen LogP contribution in [0.15, 0.2) is 27.9 Å². The minimum absolute atomic E-state index is 0.109. The Balaban J connectivity index is 1.58. The zero-order valence-electron chi connectivity index (χ0n) is 24.6. The Labute approximate surface area is 242 Å². The number of rotatable bonds is 23. The lowest BCUT2D eigenvalue weighted by atomic mass is 10.0. The number of carboxylic acid groups (broad SMARTS) is 1. The summed E-state index contributed by atoms with van der Waals surface area (Å²) in [5.41, 5.74) is -0.830. The zero-order chi connectivity index (χ0) is 30.1. The average Bonchev–Trinajstić information content (AvgIpc) is 3.40. The maximum atomic E-state index is 12.4. The molecule has 0 radical (unpaired) electrons. The summed E-state index contributed by atoms with van der Waals surface area (Å²) in [6.07, 6.45) is 19.3. The Morgan fingerprint density at radius 3 is 2.05 bits per heavy atom. The van der Waals surface area contributed by atoms with Crippen molar-refractivity contribution in [3.05, 3.63) is 44.8 Å². The molecule has 1 aromatic heterocycles. The fourth-order valence-electron chi connectivity index (χ4n) is 4.80. The molecule has 0 aliphatic carbocycles. The highest BCUT2D eigenvalue weighted by Crippen LogP contribution is 2.46. The van der Waals surface area contributed by atoms with Gasteiger partial charge in [0.15, 0.2) is 12.3 Å². The van der Waals surface area contributed by atoms with Gasteiger partial charge in [-0.1, -0.05) is 109 Å². The van der Waals surface area contributed by atoms with Gasteiger partial charge in [0.1, 0.15) is 6.10 Å². The van der Waals surface area contributed by atoms with Crippen LogP contribution in [-0.4, -0.2) is 44.3 Å². The molecule has 1 aromatic rings. The molecule has 0 aromatic carbocycles. The lowest BCUT2D eigenvalue weighted by Gasteiger charge is -2.20. The first-order valence-corrected chi connectivity index (χ1v) is 16.7. The Morgan fingerprint density at radius 2 is 1.51 bits per heavy atom. The van der Waals surface area contributed by atoms with Crippen LogP contribution in [0.5, 0.6) is 0 Å². The molecule has 0 bridgehead atoms. The number of aryl methyl sites for hydroxylation is 1. The van der Waals surface area contributed by atoms with E-state index < -0.39 is 43.5 Å². The number of hydrogen-bond donors (Lipinski definition) is 3. The van der Waals surface area contributed by atoms with Crippen LogP contribution in [0.2, 0.25) is 0 Å². The van der Waals surface area contributed by atoms with Crippen molar-refractivity contribution >= 4 is 13.8 Å². The van der Waals surface area contributed by atoms with E-state index in [0.717, 1.165) is 19.3 Å². The van der Waals surface area contributed by atoms with Gasteiger partial charge >= 0.3 is 19.5 Å². The molecule has 4 atom stereocenters. The monoisotopic (exact) mass is 600 g/mol. The van der Waals surface area contributed by atoms with Crippen molar-refractivity contribution < 1.29 is 33.1 Å². The molecule has 0 spiro atoms. The molecule has 12 heteroatoms. The van der Waals surface area contributed by atoms with Crippen molar-refractivity contribution in [1.82, 2.24) is 9.55 Å². The van der Waals surface area contributed by atoms with Crippen LogP contribution in [-0.2, 0) is 23.1 Å². The number of aliphatic carboxylic acids is 1. The second-order valence-corrected chi connectivity index (χ2v) is 12.3. The molecular weight excluding hydrogens is 551 g/mol. The van der Waals surface area contributed by atoms with E-state index in [1.807, 2.05) is 0 Å². The third kappa shape index (κ3) is 14.1. The van der Waals surface area contributed by atoms with Gasteiger partial charge < -0.3 is 14.7 Å². The summed E-state index contributed by atoms with van der Waals surface area (Å²) >= 11 is 0. The Bertz CT molecular complexity index is 1100. The van der Waals surface area contributed by atoms with Crippen LogP contribution < -0.4 is 11.2 Å². The number of phosphoric ester groups is 1. The highest BCUT2D eigenvalue weighted by atomic mass is 31.2. The van der Waals surface area contributed by atoms with Gasteiger partial charge in [0.05, 0.1) is 6.61 Å². The van der Waals surface area contributed by atoms with Gasteiger partial charge in [0.25, 0.3) is 5.56 Å². The highest BCUT2D eigenvalue weighted by Gasteiger charge is 2.32. The normalized spacial score (nSPS) is 18.9. The van der Waals surface area contributed by atoms with Crippen LogP contribution >= 0.6 is 7.82 Å². The molecule has 0 fully saturated rings. The van der Waals surface area contributed by atoms with Crippen molar-refractivity contribution in [3.63, 3.8) is 0 Å². The summed E-state index contributed by atoms with van der Waals surface area (Å²) < 4.78 is 29.2. The number of carboxylic acids is 1. The number of unbranched alkanes of at least 4 members (excludes halogenated alkanes) is 14. The number of nitrogens with zero attached hydrogens (tertiary/aromatic N) is 1. The van der Waals surface area contributed by atoms with Gasteiger partial charge in [0, 0.05) is 11.8 Å². The number of aromatic amines is 1. The standard InChI is InChI=1S/C29H49N2O9P/c1-3-4-5-6-7-8-9-10-11-12-13-14-15-16-17-18-25(28(33)34)40-41(36,37)38-22-24-19-20-26(39-24)31-21-23(2)27(32)30-29(31)35/h19-21,24-26H,3-18,22H2,1-2H3,(H,33,34)(H,36,37)(H,30,32,35)/t24-,25?,26+/m0/s1. The number of aromatic nitrogens is 2. The summed E-state index contributed by atoms with van der Waals surface area (Å²) in [7, 11) is -4.67. The fraction of sp³-hybridized carbons (Fsp3) is 0.759. The van der Waals surface area contributed by atoms with E-state index in [-0.39, 0.29) is 13.0 Å². The summed E-state index contributed by atoms with van der Waals surface area (Å²) in [6, 6.07) is 0. The highest BCUT2D eigenvalue weighted by molar-refractivity contribution is 7.47. The van der Waals surface area contributed by atoms with Gasteiger partial charge in [-0.05, 0) is 19.4 Å². The fourth-order valence-corrected chi connectivity index (χ4v) is 5.71. The van der Waals surface area contributed by atoms with Crippen molar-refractivity contribution in [1.29, 1.82) is 0 Å². The molecule has 0 saturated carbocycles. The Kier molecular flexibility index (Phi) is 16.5. The van der Waals surface area contributed by atoms with Crippen molar-refractivity contribution in [2.75, 3.05) is 6.61 Å². The van der Waals surface area contributed by atoms with E-state index in [1.165, 1.54) is 81.4 Å². The number of carbonyl (C=O) groups is 1. The Morgan fingerprint density at radius 1 is 0.976 bits per heavy atom. The van der Waals surface area contributed by atoms with E-state index in [1.54, 1.807) is 19.1 Å². The van der Waals surface area contributed by atoms with E-state index in [0.29, 0.717) is 12.0 Å². The molecule has 1 aliphatic rings. The van der Waals surface area contributed by atoms with Crippen LogP contribution in [0.3, 0.4) is 0 Å². The average molecular weight is 601 g/mol. The molecule has 2 rings (SSSR count). The molecule has 2 unspecified atom stereocenters.